The fourth-order valence-electron chi connectivity index (χ4n) is 1.71. The molecule has 0 aromatic heterocycles. The summed E-state index contributed by atoms with van der Waals surface area (Å²) in [6, 6.07) is 4.83. The lowest BCUT2D eigenvalue weighted by Crippen LogP contribution is -2.31. The molecule has 1 aliphatic heterocycles. The number of benzene rings is 1. The summed E-state index contributed by atoms with van der Waals surface area (Å²) in [6.45, 7) is 1.27. The molecule has 0 bridgehead atoms. The molecule has 1 unspecified atom stereocenters. The van der Waals surface area contributed by atoms with Crippen LogP contribution in [0.5, 0.6) is 5.75 Å². The SMILES string of the molecule is NCCCC1COc2cc(F)ccc2N1. The average molecular weight is 210 g/mol. The van der Waals surface area contributed by atoms with Crippen molar-refractivity contribution in [3.8, 4) is 5.75 Å². The summed E-state index contributed by atoms with van der Waals surface area (Å²) < 4.78 is 18.3. The summed E-state index contributed by atoms with van der Waals surface area (Å²) in [7, 11) is 0. The van der Waals surface area contributed by atoms with Crippen LogP contribution in [0.3, 0.4) is 0 Å². The summed E-state index contributed by atoms with van der Waals surface area (Å²) >= 11 is 0. The highest BCUT2D eigenvalue weighted by molar-refractivity contribution is 5.58. The van der Waals surface area contributed by atoms with Gasteiger partial charge in [0.25, 0.3) is 0 Å². The fraction of sp³-hybridized carbons (Fsp3) is 0.455. The topological polar surface area (TPSA) is 47.3 Å². The summed E-state index contributed by atoms with van der Waals surface area (Å²) in [5, 5.41) is 3.31. The van der Waals surface area contributed by atoms with E-state index in [1.54, 1.807) is 6.07 Å². The third-order valence-corrected chi connectivity index (χ3v) is 2.50. The highest BCUT2D eigenvalue weighted by Gasteiger charge is 2.18. The van der Waals surface area contributed by atoms with Gasteiger partial charge in [-0.15, -0.1) is 0 Å². The maximum Gasteiger partial charge on any atom is 0.145 e. The quantitative estimate of drug-likeness (QED) is 0.798. The lowest BCUT2D eigenvalue weighted by Gasteiger charge is -2.27. The van der Waals surface area contributed by atoms with E-state index in [0.717, 1.165) is 18.5 Å². The number of halogens is 1. The number of rotatable bonds is 3. The van der Waals surface area contributed by atoms with Gasteiger partial charge in [-0.05, 0) is 31.5 Å². The first kappa shape index (κ1) is 10.2. The van der Waals surface area contributed by atoms with Gasteiger partial charge in [0.05, 0.1) is 11.7 Å². The Hall–Kier alpha value is -1.29. The van der Waals surface area contributed by atoms with Crippen molar-refractivity contribution in [3.63, 3.8) is 0 Å². The predicted molar refractivity (Wildman–Crippen MR) is 57.6 cm³/mol. The second-order valence-corrected chi connectivity index (χ2v) is 3.72. The predicted octanol–water partition coefficient (Wildman–Crippen LogP) is 1.74. The molecule has 0 spiro atoms. The van der Waals surface area contributed by atoms with E-state index in [2.05, 4.69) is 5.32 Å². The molecule has 0 saturated carbocycles. The first-order valence-electron chi connectivity index (χ1n) is 5.18. The van der Waals surface area contributed by atoms with Crippen LogP contribution in [0.15, 0.2) is 18.2 Å². The molecule has 0 fully saturated rings. The normalized spacial score (nSPS) is 18.9. The van der Waals surface area contributed by atoms with Gasteiger partial charge >= 0.3 is 0 Å². The number of nitrogens with one attached hydrogen (secondary N) is 1. The number of anilines is 1. The van der Waals surface area contributed by atoms with Crippen molar-refractivity contribution in [3.05, 3.63) is 24.0 Å². The minimum Gasteiger partial charge on any atom is -0.489 e. The molecule has 0 aliphatic carbocycles. The molecule has 1 aromatic carbocycles. The molecule has 0 amide bonds. The molecule has 3 nitrogen and oxygen atoms in total. The smallest absolute Gasteiger partial charge is 0.145 e. The van der Waals surface area contributed by atoms with Crippen LogP contribution in [0.2, 0.25) is 0 Å². The molecule has 0 radical (unpaired) electrons. The van der Waals surface area contributed by atoms with E-state index in [0.29, 0.717) is 18.9 Å². The number of hydrogen-bond donors (Lipinski definition) is 2. The maximum atomic E-state index is 12.9. The molecule has 15 heavy (non-hydrogen) atoms. The van der Waals surface area contributed by atoms with Crippen molar-refractivity contribution >= 4 is 5.69 Å². The Kier molecular flexibility index (Phi) is 3.06. The van der Waals surface area contributed by atoms with Crippen LogP contribution in [0.25, 0.3) is 0 Å². The van der Waals surface area contributed by atoms with Crippen LogP contribution in [0.4, 0.5) is 10.1 Å². The van der Waals surface area contributed by atoms with Gasteiger partial charge in [0.2, 0.25) is 0 Å². The number of fused-ring (bicyclic) bond motifs is 1. The van der Waals surface area contributed by atoms with Crippen LogP contribution in [-0.2, 0) is 0 Å². The zero-order chi connectivity index (χ0) is 10.7. The van der Waals surface area contributed by atoms with Crippen LogP contribution in [0.1, 0.15) is 12.8 Å². The van der Waals surface area contributed by atoms with E-state index in [4.69, 9.17) is 10.5 Å². The highest BCUT2D eigenvalue weighted by Crippen LogP contribution is 2.30. The molecular formula is C11H15FN2O. The van der Waals surface area contributed by atoms with E-state index in [1.807, 2.05) is 0 Å². The monoisotopic (exact) mass is 210 g/mol. The Morgan fingerprint density at radius 2 is 2.40 bits per heavy atom. The molecular weight excluding hydrogens is 195 g/mol. The molecule has 1 aliphatic rings. The number of hydrogen-bond acceptors (Lipinski definition) is 3. The van der Waals surface area contributed by atoms with Gasteiger partial charge < -0.3 is 15.8 Å². The molecule has 0 saturated heterocycles. The van der Waals surface area contributed by atoms with Crippen LogP contribution in [0, 0.1) is 5.82 Å². The molecule has 1 aromatic rings. The molecule has 2 rings (SSSR count). The van der Waals surface area contributed by atoms with Gasteiger partial charge in [-0.1, -0.05) is 0 Å². The van der Waals surface area contributed by atoms with E-state index < -0.39 is 0 Å². The average Bonchev–Trinajstić information content (AvgIpc) is 2.26. The minimum atomic E-state index is -0.268. The first-order chi connectivity index (χ1) is 7.29. The van der Waals surface area contributed by atoms with E-state index >= 15 is 0 Å². The third-order valence-electron chi connectivity index (χ3n) is 2.50. The van der Waals surface area contributed by atoms with Crippen molar-refractivity contribution in [2.24, 2.45) is 5.73 Å². The second-order valence-electron chi connectivity index (χ2n) is 3.72. The maximum absolute atomic E-state index is 12.9. The standard InChI is InChI=1S/C11H15FN2O/c12-8-3-4-10-11(6-8)15-7-9(14-10)2-1-5-13/h3-4,6,9,14H,1-2,5,7,13H2. The van der Waals surface area contributed by atoms with Gasteiger partial charge in [0.1, 0.15) is 18.2 Å². The van der Waals surface area contributed by atoms with Gasteiger partial charge in [-0.2, -0.15) is 0 Å². The Morgan fingerprint density at radius 3 is 3.20 bits per heavy atom. The van der Waals surface area contributed by atoms with E-state index in [-0.39, 0.29) is 11.9 Å². The lowest BCUT2D eigenvalue weighted by atomic mass is 10.1. The van der Waals surface area contributed by atoms with Gasteiger partial charge in [0, 0.05) is 6.07 Å². The Labute approximate surface area is 88.4 Å². The van der Waals surface area contributed by atoms with Gasteiger partial charge in [-0.3, -0.25) is 0 Å². The highest BCUT2D eigenvalue weighted by atomic mass is 19.1. The first-order valence-corrected chi connectivity index (χ1v) is 5.18. The molecule has 82 valence electrons. The molecule has 1 heterocycles. The Bertz CT molecular complexity index is 343. The van der Waals surface area contributed by atoms with Crippen LogP contribution >= 0.6 is 0 Å². The van der Waals surface area contributed by atoms with E-state index in [1.165, 1.54) is 12.1 Å². The lowest BCUT2D eigenvalue weighted by molar-refractivity contribution is 0.276. The van der Waals surface area contributed by atoms with Crippen molar-refractivity contribution in [1.82, 2.24) is 0 Å². The third kappa shape index (κ3) is 2.39. The van der Waals surface area contributed by atoms with Crippen LogP contribution < -0.4 is 15.8 Å². The van der Waals surface area contributed by atoms with E-state index in [9.17, 15) is 4.39 Å². The van der Waals surface area contributed by atoms with Crippen molar-refractivity contribution in [2.45, 2.75) is 18.9 Å². The zero-order valence-electron chi connectivity index (χ0n) is 8.50. The van der Waals surface area contributed by atoms with Crippen LogP contribution in [-0.4, -0.2) is 19.2 Å². The van der Waals surface area contributed by atoms with Crippen molar-refractivity contribution < 1.29 is 9.13 Å². The van der Waals surface area contributed by atoms with Crippen molar-refractivity contribution in [1.29, 1.82) is 0 Å². The fourth-order valence-corrected chi connectivity index (χ4v) is 1.71. The molecule has 1 atom stereocenters. The number of nitrogens with two attached hydrogens (primary N) is 1. The van der Waals surface area contributed by atoms with Gasteiger partial charge in [0.15, 0.2) is 0 Å². The van der Waals surface area contributed by atoms with Crippen molar-refractivity contribution in [2.75, 3.05) is 18.5 Å². The Balaban J connectivity index is 2.03. The second kappa shape index (κ2) is 4.49. The molecule has 3 N–H and O–H groups in total. The summed E-state index contributed by atoms with van der Waals surface area (Å²) in [6.07, 6.45) is 1.95. The molecule has 4 heteroatoms. The summed E-state index contributed by atoms with van der Waals surface area (Å²) in [5.41, 5.74) is 6.31. The Morgan fingerprint density at radius 1 is 1.53 bits per heavy atom. The summed E-state index contributed by atoms with van der Waals surface area (Å²) in [4.78, 5) is 0. The summed E-state index contributed by atoms with van der Waals surface area (Å²) in [5.74, 6) is 0.329. The number of ether oxygens (including phenoxy) is 1. The van der Waals surface area contributed by atoms with Gasteiger partial charge in [-0.25, -0.2) is 4.39 Å². The largest absolute Gasteiger partial charge is 0.489 e. The minimum absolute atomic E-state index is 0.268. The zero-order valence-corrected chi connectivity index (χ0v) is 8.50.